The van der Waals surface area contributed by atoms with Crippen LogP contribution in [0, 0.1) is 0 Å². The molecule has 22 heavy (non-hydrogen) atoms. The highest BCUT2D eigenvalue weighted by atomic mass is 35.5. The Bertz CT molecular complexity index is 481. The summed E-state index contributed by atoms with van der Waals surface area (Å²) in [7, 11) is 0. The number of para-hydroxylation sites is 1. The van der Waals surface area contributed by atoms with E-state index in [4.69, 9.17) is 10.5 Å². The van der Waals surface area contributed by atoms with Gasteiger partial charge in [0, 0.05) is 13.1 Å². The van der Waals surface area contributed by atoms with Gasteiger partial charge in [-0.3, -0.25) is 9.59 Å². The summed E-state index contributed by atoms with van der Waals surface area (Å²) in [6.45, 7) is 4.94. The minimum Gasteiger partial charge on any atom is -0.378 e. The summed E-state index contributed by atoms with van der Waals surface area (Å²) in [4.78, 5) is 23.8. The Hall–Kier alpha value is -1.63. The monoisotopic (exact) mass is 329 g/mol. The minimum atomic E-state index is -0.255. The first-order valence-corrected chi connectivity index (χ1v) is 7.03. The molecule has 1 rings (SSSR count). The zero-order chi connectivity index (χ0) is 15.7. The smallest absolute Gasteiger partial charge is 0.253 e. The van der Waals surface area contributed by atoms with E-state index in [0.717, 1.165) is 0 Å². The van der Waals surface area contributed by atoms with Crippen LogP contribution in [-0.2, 0) is 9.53 Å². The molecule has 0 heterocycles. The van der Waals surface area contributed by atoms with E-state index in [1.54, 1.807) is 24.3 Å². The van der Waals surface area contributed by atoms with Gasteiger partial charge in [-0.15, -0.1) is 12.4 Å². The fourth-order valence-corrected chi connectivity index (χ4v) is 1.67. The van der Waals surface area contributed by atoms with Gasteiger partial charge in [0.05, 0.1) is 30.4 Å². The van der Waals surface area contributed by atoms with Gasteiger partial charge in [0.2, 0.25) is 5.91 Å². The fourth-order valence-electron chi connectivity index (χ4n) is 1.67. The van der Waals surface area contributed by atoms with Gasteiger partial charge in [0.1, 0.15) is 0 Å². The van der Waals surface area contributed by atoms with E-state index in [2.05, 4.69) is 10.6 Å². The lowest BCUT2D eigenvalue weighted by molar-refractivity contribution is -0.117. The van der Waals surface area contributed by atoms with Crippen molar-refractivity contribution in [1.82, 2.24) is 5.32 Å². The van der Waals surface area contributed by atoms with Gasteiger partial charge in [-0.1, -0.05) is 12.1 Å². The molecule has 0 aliphatic rings. The summed E-state index contributed by atoms with van der Waals surface area (Å²) in [5.41, 5.74) is 6.26. The first-order valence-electron chi connectivity index (χ1n) is 7.03. The molecule has 1 aromatic rings. The summed E-state index contributed by atoms with van der Waals surface area (Å²) in [6, 6.07) is 6.86. The number of amides is 2. The van der Waals surface area contributed by atoms with Crippen molar-refractivity contribution in [2.75, 3.05) is 25.0 Å². The van der Waals surface area contributed by atoms with E-state index in [1.807, 2.05) is 13.8 Å². The highest BCUT2D eigenvalue weighted by Crippen LogP contribution is 2.15. The van der Waals surface area contributed by atoms with Crippen molar-refractivity contribution < 1.29 is 14.3 Å². The molecule has 2 amide bonds. The van der Waals surface area contributed by atoms with Crippen molar-refractivity contribution in [2.45, 2.75) is 26.4 Å². The Balaban J connectivity index is 0.00000441. The minimum absolute atomic E-state index is 0. The maximum atomic E-state index is 12.0. The van der Waals surface area contributed by atoms with Crippen LogP contribution in [0.3, 0.4) is 0 Å². The molecule has 6 nitrogen and oxygen atoms in total. The molecule has 0 unspecified atom stereocenters. The molecule has 0 aliphatic carbocycles. The number of carbonyl (C=O) groups is 2. The third kappa shape index (κ3) is 7.40. The summed E-state index contributed by atoms with van der Waals surface area (Å²) >= 11 is 0. The van der Waals surface area contributed by atoms with Crippen molar-refractivity contribution in [3.8, 4) is 0 Å². The quantitative estimate of drug-likeness (QED) is 0.674. The highest BCUT2D eigenvalue weighted by Gasteiger charge is 2.12. The van der Waals surface area contributed by atoms with Crippen LogP contribution in [-0.4, -0.2) is 37.6 Å². The normalized spacial score (nSPS) is 10.0. The van der Waals surface area contributed by atoms with E-state index in [1.165, 1.54) is 0 Å². The Labute approximate surface area is 137 Å². The molecule has 4 N–H and O–H groups in total. The predicted molar refractivity (Wildman–Crippen MR) is 89.4 cm³/mol. The molecule has 1 aromatic carbocycles. The van der Waals surface area contributed by atoms with Gasteiger partial charge in [-0.25, -0.2) is 0 Å². The van der Waals surface area contributed by atoms with Crippen molar-refractivity contribution in [3.05, 3.63) is 29.8 Å². The Morgan fingerprint density at radius 3 is 2.59 bits per heavy atom. The second-order valence-electron chi connectivity index (χ2n) is 4.81. The number of halogens is 1. The van der Waals surface area contributed by atoms with E-state index >= 15 is 0 Å². The summed E-state index contributed by atoms with van der Waals surface area (Å²) in [5.74, 6) is -0.440. The molecule has 0 atom stereocenters. The number of nitrogens with one attached hydrogen (secondary N) is 2. The van der Waals surface area contributed by atoms with Gasteiger partial charge in [-0.2, -0.15) is 0 Å². The molecule has 0 aliphatic heterocycles. The van der Waals surface area contributed by atoms with Gasteiger partial charge in [-0.05, 0) is 26.0 Å². The average molecular weight is 330 g/mol. The van der Waals surface area contributed by atoms with Gasteiger partial charge in [0.25, 0.3) is 5.91 Å². The lowest BCUT2D eigenvalue weighted by atomic mass is 10.1. The second kappa shape index (κ2) is 11.0. The molecule has 0 fully saturated rings. The van der Waals surface area contributed by atoms with E-state index in [9.17, 15) is 9.59 Å². The van der Waals surface area contributed by atoms with Crippen LogP contribution in [0.15, 0.2) is 24.3 Å². The predicted octanol–water partition coefficient (Wildman–Crippen LogP) is 1.55. The van der Waals surface area contributed by atoms with Crippen LogP contribution in [0.4, 0.5) is 5.69 Å². The third-order valence-corrected chi connectivity index (χ3v) is 2.66. The highest BCUT2D eigenvalue weighted by molar-refractivity contribution is 6.03. The van der Waals surface area contributed by atoms with Gasteiger partial charge < -0.3 is 21.1 Å². The summed E-state index contributed by atoms with van der Waals surface area (Å²) in [5, 5.41) is 5.41. The van der Waals surface area contributed by atoms with Crippen molar-refractivity contribution in [1.29, 1.82) is 0 Å². The maximum Gasteiger partial charge on any atom is 0.253 e. The number of carbonyl (C=O) groups excluding carboxylic acids is 2. The second-order valence-corrected chi connectivity index (χ2v) is 4.81. The van der Waals surface area contributed by atoms with Gasteiger partial charge in [0.15, 0.2) is 0 Å². The van der Waals surface area contributed by atoms with Crippen LogP contribution in [0.2, 0.25) is 0 Å². The van der Waals surface area contributed by atoms with Gasteiger partial charge >= 0.3 is 0 Å². The van der Waals surface area contributed by atoms with Crippen LogP contribution < -0.4 is 16.4 Å². The van der Waals surface area contributed by atoms with Crippen molar-refractivity contribution in [3.63, 3.8) is 0 Å². The number of anilines is 1. The molecule has 0 spiro atoms. The molecule has 7 heteroatoms. The number of hydrogen-bond acceptors (Lipinski definition) is 4. The van der Waals surface area contributed by atoms with Crippen molar-refractivity contribution in [2.24, 2.45) is 5.73 Å². The van der Waals surface area contributed by atoms with Crippen LogP contribution in [0.25, 0.3) is 0 Å². The topological polar surface area (TPSA) is 93.4 Å². The zero-order valence-electron chi connectivity index (χ0n) is 12.9. The molecular formula is C15H24ClN3O3. The third-order valence-electron chi connectivity index (χ3n) is 2.66. The Morgan fingerprint density at radius 2 is 1.95 bits per heavy atom. The SMILES string of the molecule is CC(C)OCCC(=O)Nc1ccccc1C(=O)NCCN.Cl. The number of hydrogen-bond donors (Lipinski definition) is 3. The molecule has 0 radical (unpaired) electrons. The molecule has 0 saturated carbocycles. The standard InChI is InChI=1S/C15H23N3O3.ClH/c1-11(2)21-10-7-14(19)18-13-6-4-3-5-12(13)15(20)17-9-8-16;/h3-6,11H,7-10,16H2,1-2H3,(H,17,20)(H,18,19);1H. The van der Waals surface area contributed by atoms with E-state index in [0.29, 0.717) is 30.9 Å². The van der Waals surface area contributed by atoms with Crippen LogP contribution in [0.1, 0.15) is 30.6 Å². The summed E-state index contributed by atoms with van der Waals surface area (Å²) in [6.07, 6.45) is 0.337. The maximum absolute atomic E-state index is 12.0. The first-order chi connectivity index (χ1) is 10.0. The molecule has 0 aromatic heterocycles. The molecule has 0 saturated heterocycles. The number of nitrogens with two attached hydrogens (primary N) is 1. The first kappa shape index (κ1) is 20.4. The largest absolute Gasteiger partial charge is 0.378 e. The lowest BCUT2D eigenvalue weighted by Crippen LogP contribution is -2.30. The van der Waals surface area contributed by atoms with E-state index in [-0.39, 0.29) is 36.7 Å². The fraction of sp³-hybridized carbons (Fsp3) is 0.467. The van der Waals surface area contributed by atoms with E-state index < -0.39 is 0 Å². The number of rotatable bonds is 8. The van der Waals surface area contributed by atoms with Crippen LogP contribution >= 0.6 is 12.4 Å². The Morgan fingerprint density at radius 1 is 1.27 bits per heavy atom. The molecule has 124 valence electrons. The summed E-state index contributed by atoms with van der Waals surface area (Å²) < 4.78 is 5.33. The lowest BCUT2D eigenvalue weighted by Gasteiger charge is -2.12. The average Bonchev–Trinajstić information content (AvgIpc) is 2.45. The number of ether oxygens (including phenoxy) is 1. The molecule has 0 bridgehead atoms. The van der Waals surface area contributed by atoms with Crippen LogP contribution in [0.5, 0.6) is 0 Å². The Kier molecular flexibility index (Phi) is 10.2. The molecular weight excluding hydrogens is 306 g/mol. The zero-order valence-corrected chi connectivity index (χ0v) is 13.7. The van der Waals surface area contributed by atoms with Crippen molar-refractivity contribution >= 4 is 29.9 Å². The number of benzene rings is 1.